The number of rotatable bonds is 3. The molecule has 3 rings (SSSR count). The largest absolute Gasteiger partial charge is 0.459 e. The molecule has 0 atom stereocenters. The summed E-state index contributed by atoms with van der Waals surface area (Å²) in [7, 11) is 0. The number of nitrogens with zero attached hydrogens (tertiary/aromatic N) is 1. The number of aryl methyl sites for hydroxylation is 1. The summed E-state index contributed by atoms with van der Waals surface area (Å²) >= 11 is 0. The summed E-state index contributed by atoms with van der Waals surface area (Å²) < 4.78 is 5.67. The Bertz CT molecular complexity index is 793. The number of hydrogen-bond acceptors (Lipinski definition) is 4. The van der Waals surface area contributed by atoms with Gasteiger partial charge in [-0.25, -0.2) is 0 Å². The number of aromatic nitrogens is 1. The van der Waals surface area contributed by atoms with Gasteiger partial charge in [-0.2, -0.15) is 0 Å². The zero-order valence-corrected chi connectivity index (χ0v) is 10.9. The molecule has 3 aromatic rings. The molecule has 0 saturated carbocycles. The Balaban J connectivity index is 2.01. The molecule has 0 bridgehead atoms. The Morgan fingerprint density at radius 2 is 2.15 bits per heavy atom. The minimum atomic E-state index is -0.506. The van der Waals surface area contributed by atoms with Crippen LogP contribution in [0.4, 0.5) is 11.4 Å². The molecule has 0 radical (unpaired) electrons. The smallest absolute Gasteiger partial charge is 0.250 e. The number of furan rings is 1. The first-order valence-corrected chi connectivity index (χ1v) is 6.14. The van der Waals surface area contributed by atoms with Crippen molar-refractivity contribution in [3.8, 4) is 0 Å². The quantitative estimate of drug-likeness (QED) is 0.764. The molecule has 100 valence electrons. The number of carbonyl (C=O) groups is 1. The van der Waals surface area contributed by atoms with Crippen LogP contribution in [0.3, 0.4) is 0 Å². The third kappa shape index (κ3) is 2.21. The fraction of sp³-hybridized carbons (Fsp3) is 0.0667. The van der Waals surface area contributed by atoms with Crippen molar-refractivity contribution in [1.82, 2.24) is 4.98 Å². The Morgan fingerprint density at radius 3 is 2.95 bits per heavy atom. The minimum Gasteiger partial charge on any atom is -0.459 e. The number of hydrogen-bond donors (Lipinski definition) is 2. The zero-order chi connectivity index (χ0) is 14.1. The van der Waals surface area contributed by atoms with Gasteiger partial charge in [0.1, 0.15) is 5.76 Å². The van der Waals surface area contributed by atoms with Gasteiger partial charge in [-0.15, -0.1) is 0 Å². The predicted molar refractivity (Wildman–Crippen MR) is 77.0 cm³/mol. The molecule has 0 aliphatic rings. The second kappa shape index (κ2) is 4.70. The molecule has 0 unspecified atom stereocenters. The van der Waals surface area contributed by atoms with E-state index in [0.29, 0.717) is 11.3 Å². The molecule has 2 aromatic heterocycles. The van der Waals surface area contributed by atoms with Gasteiger partial charge in [-0.3, -0.25) is 9.78 Å². The molecule has 3 N–H and O–H groups in total. The first-order chi connectivity index (χ1) is 9.63. The summed E-state index contributed by atoms with van der Waals surface area (Å²) in [5.41, 5.74) is 7.88. The maximum absolute atomic E-state index is 11.2. The highest BCUT2D eigenvalue weighted by molar-refractivity contribution is 5.94. The van der Waals surface area contributed by atoms with Crippen LogP contribution in [0.25, 0.3) is 11.0 Å². The Labute approximate surface area is 115 Å². The Kier molecular flexibility index (Phi) is 2.87. The molecule has 1 amide bonds. The molecular weight excluding hydrogens is 254 g/mol. The SMILES string of the molecule is Cc1cc2cccc(Nc3cncc(C(N)=O)c3)c2o1. The van der Waals surface area contributed by atoms with Gasteiger partial charge >= 0.3 is 0 Å². The van der Waals surface area contributed by atoms with Gasteiger partial charge in [0.15, 0.2) is 5.58 Å². The van der Waals surface area contributed by atoms with Crippen molar-refractivity contribution in [2.45, 2.75) is 6.92 Å². The van der Waals surface area contributed by atoms with Crippen LogP contribution in [0.2, 0.25) is 0 Å². The van der Waals surface area contributed by atoms with Crippen LogP contribution in [0.5, 0.6) is 0 Å². The molecule has 20 heavy (non-hydrogen) atoms. The second-order valence-electron chi connectivity index (χ2n) is 4.53. The molecule has 0 aliphatic heterocycles. The van der Waals surface area contributed by atoms with Crippen molar-refractivity contribution in [2.24, 2.45) is 5.73 Å². The van der Waals surface area contributed by atoms with Crippen LogP contribution >= 0.6 is 0 Å². The van der Waals surface area contributed by atoms with Gasteiger partial charge in [-0.05, 0) is 25.1 Å². The first-order valence-electron chi connectivity index (χ1n) is 6.14. The number of carbonyl (C=O) groups excluding carboxylic acids is 1. The van der Waals surface area contributed by atoms with Crippen LogP contribution in [0, 0.1) is 6.92 Å². The molecule has 0 fully saturated rings. The van der Waals surface area contributed by atoms with E-state index in [1.165, 1.54) is 6.20 Å². The van der Waals surface area contributed by atoms with Crippen molar-refractivity contribution in [1.29, 1.82) is 0 Å². The molecular formula is C15H13N3O2. The standard InChI is InChI=1S/C15H13N3O2/c1-9-5-10-3-2-4-13(14(10)20-9)18-12-6-11(15(16)19)7-17-8-12/h2-8,18H,1H3,(H2,16,19). The van der Waals surface area contributed by atoms with Crippen LogP contribution in [0.1, 0.15) is 16.1 Å². The lowest BCUT2D eigenvalue weighted by molar-refractivity contribution is 0.1000. The van der Waals surface area contributed by atoms with E-state index in [4.69, 9.17) is 10.2 Å². The highest BCUT2D eigenvalue weighted by atomic mass is 16.3. The van der Waals surface area contributed by atoms with Crippen molar-refractivity contribution >= 4 is 28.3 Å². The summed E-state index contributed by atoms with van der Waals surface area (Å²) in [4.78, 5) is 15.2. The number of nitrogens with two attached hydrogens (primary N) is 1. The third-order valence-electron chi connectivity index (χ3n) is 2.97. The Hall–Kier alpha value is -2.82. The molecule has 5 heteroatoms. The van der Waals surface area contributed by atoms with Crippen LogP contribution in [0.15, 0.2) is 47.1 Å². The maximum Gasteiger partial charge on any atom is 0.250 e. The number of para-hydroxylation sites is 1. The molecule has 5 nitrogen and oxygen atoms in total. The average molecular weight is 267 g/mol. The van der Waals surface area contributed by atoms with Crippen molar-refractivity contribution in [2.75, 3.05) is 5.32 Å². The molecule has 1 aromatic carbocycles. The van der Waals surface area contributed by atoms with E-state index in [-0.39, 0.29) is 0 Å². The lowest BCUT2D eigenvalue weighted by Crippen LogP contribution is -2.11. The molecule has 0 aliphatic carbocycles. The van der Waals surface area contributed by atoms with Gasteiger partial charge in [0.2, 0.25) is 5.91 Å². The zero-order valence-electron chi connectivity index (χ0n) is 10.9. The number of nitrogens with one attached hydrogen (secondary N) is 1. The summed E-state index contributed by atoms with van der Waals surface area (Å²) in [5, 5.41) is 4.21. The van der Waals surface area contributed by atoms with E-state index in [1.807, 2.05) is 31.2 Å². The normalized spacial score (nSPS) is 10.7. The number of amides is 1. The highest BCUT2D eigenvalue weighted by Crippen LogP contribution is 2.28. The van der Waals surface area contributed by atoms with Gasteiger partial charge in [0, 0.05) is 11.6 Å². The fourth-order valence-electron chi connectivity index (χ4n) is 2.09. The van der Waals surface area contributed by atoms with Gasteiger partial charge < -0.3 is 15.5 Å². The van der Waals surface area contributed by atoms with E-state index < -0.39 is 5.91 Å². The summed E-state index contributed by atoms with van der Waals surface area (Å²) in [6.45, 7) is 1.90. The molecule has 0 spiro atoms. The van der Waals surface area contributed by atoms with E-state index in [9.17, 15) is 4.79 Å². The van der Waals surface area contributed by atoms with E-state index in [0.717, 1.165) is 22.4 Å². The van der Waals surface area contributed by atoms with Crippen molar-refractivity contribution in [3.05, 3.63) is 54.0 Å². The van der Waals surface area contributed by atoms with Crippen molar-refractivity contribution < 1.29 is 9.21 Å². The van der Waals surface area contributed by atoms with Gasteiger partial charge in [0.25, 0.3) is 0 Å². The monoisotopic (exact) mass is 267 g/mol. The lowest BCUT2D eigenvalue weighted by Gasteiger charge is -2.07. The average Bonchev–Trinajstić information content (AvgIpc) is 2.80. The molecule has 0 saturated heterocycles. The highest BCUT2D eigenvalue weighted by Gasteiger charge is 2.08. The summed E-state index contributed by atoms with van der Waals surface area (Å²) in [6, 6.07) is 9.45. The number of pyridine rings is 1. The lowest BCUT2D eigenvalue weighted by atomic mass is 10.2. The van der Waals surface area contributed by atoms with Gasteiger partial charge in [-0.1, -0.05) is 12.1 Å². The van der Waals surface area contributed by atoms with E-state index in [2.05, 4.69) is 10.3 Å². The summed E-state index contributed by atoms with van der Waals surface area (Å²) in [6.07, 6.45) is 3.06. The maximum atomic E-state index is 11.2. The predicted octanol–water partition coefficient (Wildman–Crippen LogP) is 2.98. The van der Waals surface area contributed by atoms with Crippen LogP contribution < -0.4 is 11.1 Å². The molecule has 2 heterocycles. The van der Waals surface area contributed by atoms with Gasteiger partial charge in [0.05, 0.1) is 23.1 Å². The van der Waals surface area contributed by atoms with E-state index >= 15 is 0 Å². The number of benzene rings is 1. The fourth-order valence-corrected chi connectivity index (χ4v) is 2.09. The van der Waals surface area contributed by atoms with E-state index in [1.54, 1.807) is 12.3 Å². The first kappa shape index (κ1) is 12.2. The topological polar surface area (TPSA) is 81.1 Å². The van der Waals surface area contributed by atoms with Crippen molar-refractivity contribution in [3.63, 3.8) is 0 Å². The Morgan fingerprint density at radius 1 is 1.30 bits per heavy atom. The number of anilines is 2. The van der Waals surface area contributed by atoms with Crippen LogP contribution in [-0.4, -0.2) is 10.9 Å². The summed E-state index contributed by atoms with van der Waals surface area (Å²) in [5.74, 6) is 0.339. The number of fused-ring (bicyclic) bond motifs is 1. The van der Waals surface area contributed by atoms with Crippen LogP contribution in [-0.2, 0) is 0 Å². The third-order valence-corrected chi connectivity index (χ3v) is 2.97. The minimum absolute atomic E-state index is 0.359. The number of primary amides is 1. The second-order valence-corrected chi connectivity index (χ2v) is 4.53.